The van der Waals surface area contributed by atoms with Crippen LogP contribution in [0.2, 0.25) is 0 Å². The van der Waals surface area contributed by atoms with Gasteiger partial charge in [0.2, 0.25) is 0 Å². The largest absolute Gasteiger partial charge is 0.545 e. The standard InChI is InChI=1S/C76H149NO8/c1-6-8-10-12-14-16-18-20-22-24-26-28-30-32-34-36-37-39-41-43-45-47-49-51-53-55-57-59-61-63-65-67-74(79)85-72(71-84-76(75(80)81)82-69-68-77(3,4)5)70-83-73(78)66-64-62-60-58-56-54-52-50-48-46-44-42-40-38-35-33-31-29-27-25-23-21-19-17-15-13-11-9-7-2/h72,76H,6-71H2,1-5H3. The second kappa shape index (κ2) is 68.2. The Bertz CT molecular complexity index is 1350. The van der Waals surface area contributed by atoms with E-state index in [0.717, 1.165) is 38.5 Å². The fourth-order valence-electron chi connectivity index (χ4n) is 12.0. The van der Waals surface area contributed by atoms with Crippen molar-refractivity contribution in [3.8, 4) is 0 Å². The lowest BCUT2D eigenvalue weighted by Crippen LogP contribution is -2.44. The van der Waals surface area contributed by atoms with Crippen LogP contribution >= 0.6 is 0 Å². The molecule has 0 fully saturated rings. The number of hydrogen-bond donors (Lipinski definition) is 0. The molecule has 0 bridgehead atoms. The molecule has 0 aromatic heterocycles. The molecule has 85 heavy (non-hydrogen) atoms. The Labute approximate surface area is 530 Å². The molecule has 506 valence electrons. The van der Waals surface area contributed by atoms with Crippen LogP contribution in [0.3, 0.4) is 0 Å². The molecule has 0 radical (unpaired) electrons. The molecule has 0 aromatic carbocycles. The van der Waals surface area contributed by atoms with E-state index in [-0.39, 0.29) is 32.2 Å². The Kier molecular flexibility index (Phi) is 66.8. The van der Waals surface area contributed by atoms with Crippen LogP contribution in [0.5, 0.6) is 0 Å². The maximum absolute atomic E-state index is 13.0. The number of carbonyl (C=O) groups excluding carboxylic acids is 3. The van der Waals surface area contributed by atoms with Gasteiger partial charge >= 0.3 is 11.9 Å². The zero-order valence-corrected chi connectivity index (χ0v) is 58.0. The summed E-state index contributed by atoms with van der Waals surface area (Å²) < 4.78 is 22.9. The van der Waals surface area contributed by atoms with E-state index < -0.39 is 24.3 Å². The van der Waals surface area contributed by atoms with Crippen LogP contribution in [0.25, 0.3) is 0 Å². The van der Waals surface area contributed by atoms with Crippen LogP contribution in [-0.2, 0) is 33.3 Å². The molecular weight excluding hydrogens is 1050 g/mol. The predicted octanol–water partition coefficient (Wildman–Crippen LogP) is 22.5. The van der Waals surface area contributed by atoms with Crippen LogP contribution in [0.4, 0.5) is 0 Å². The average Bonchev–Trinajstić information content (AvgIpc) is 3.49. The number of hydrogen-bond acceptors (Lipinski definition) is 8. The molecule has 0 aliphatic rings. The van der Waals surface area contributed by atoms with Crippen molar-refractivity contribution in [3.05, 3.63) is 0 Å². The van der Waals surface area contributed by atoms with Gasteiger partial charge < -0.3 is 33.3 Å². The molecule has 2 atom stereocenters. The number of aliphatic carboxylic acids is 1. The molecular formula is C76H149NO8. The van der Waals surface area contributed by atoms with Gasteiger partial charge in [-0.2, -0.15) is 0 Å². The van der Waals surface area contributed by atoms with Crippen LogP contribution in [0.1, 0.15) is 412 Å². The summed E-state index contributed by atoms with van der Waals surface area (Å²) in [6, 6.07) is 0. The first kappa shape index (κ1) is 83.3. The fraction of sp³-hybridized carbons (Fsp3) is 0.961. The molecule has 0 amide bonds. The molecule has 0 aromatic rings. The highest BCUT2D eigenvalue weighted by Gasteiger charge is 2.22. The van der Waals surface area contributed by atoms with Crippen molar-refractivity contribution >= 4 is 17.9 Å². The summed E-state index contributed by atoms with van der Waals surface area (Å²) in [6.07, 6.45) is 79.3. The van der Waals surface area contributed by atoms with Crippen LogP contribution in [0, 0.1) is 0 Å². The molecule has 0 rings (SSSR count). The number of unbranched alkanes of at least 4 members (excludes halogenated alkanes) is 58. The lowest BCUT2D eigenvalue weighted by atomic mass is 10.0. The minimum atomic E-state index is -1.62. The Morgan fingerprint density at radius 2 is 0.529 bits per heavy atom. The predicted molar refractivity (Wildman–Crippen MR) is 362 cm³/mol. The van der Waals surface area contributed by atoms with E-state index in [2.05, 4.69) is 13.8 Å². The number of likely N-dealkylation sites (N-methyl/N-ethyl adjacent to an activating group) is 1. The summed E-state index contributed by atoms with van der Waals surface area (Å²) in [7, 11) is 5.95. The number of nitrogens with zero attached hydrogens (tertiary/aromatic N) is 1. The maximum atomic E-state index is 13.0. The van der Waals surface area contributed by atoms with Gasteiger partial charge in [0, 0.05) is 12.8 Å². The zero-order chi connectivity index (χ0) is 61.9. The van der Waals surface area contributed by atoms with Crippen molar-refractivity contribution in [2.24, 2.45) is 0 Å². The van der Waals surface area contributed by atoms with Crippen LogP contribution in [-0.4, -0.2) is 82.3 Å². The Morgan fingerprint density at radius 3 is 0.753 bits per heavy atom. The molecule has 0 saturated carbocycles. The third kappa shape index (κ3) is 69.6. The lowest BCUT2D eigenvalue weighted by molar-refractivity contribution is -0.870. The summed E-state index contributed by atoms with van der Waals surface area (Å²) in [5.41, 5.74) is 0. The number of rotatable bonds is 73. The fourth-order valence-corrected chi connectivity index (χ4v) is 12.0. The van der Waals surface area contributed by atoms with Gasteiger partial charge in [-0.1, -0.05) is 386 Å². The van der Waals surface area contributed by atoms with Crippen LogP contribution < -0.4 is 5.11 Å². The van der Waals surface area contributed by atoms with Crippen molar-refractivity contribution in [2.45, 2.75) is 424 Å². The number of carboxylic acids is 1. The van der Waals surface area contributed by atoms with Gasteiger partial charge in [-0.15, -0.1) is 0 Å². The second-order valence-corrected chi connectivity index (χ2v) is 27.7. The highest BCUT2D eigenvalue weighted by atomic mass is 16.7. The quantitative estimate of drug-likeness (QED) is 0.0256. The Balaban J connectivity index is 3.99. The van der Waals surface area contributed by atoms with E-state index in [1.165, 1.54) is 347 Å². The summed E-state index contributed by atoms with van der Waals surface area (Å²) >= 11 is 0. The van der Waals surface area contributed by atoms with Gasteiger partial charge in [0.25, 0.3) is 0 Å². The molecule has 2 unspecified atom stereocenters. The number of quaternary nitrogens is 1. The Morgan fingerprint density at radius 1 is 0.306 bits per heavy atom. The maximum Gasteiger partial charge on any atom is 0.306 e. The summed E-state index contributed by atoms with van der Waals surface area (Å²) in [6.45, 7) is 4.85. The number of ether oxygens (including phenoxy) is 4. The van der Waals surface area contributed by atoms with E-state index in [1.807, 2.05) is 21.1 Å². The minimum absolute atomic E-state index is 0.154. The smallest absolute Gasteiger partial charge is 0.306 e. The van der Waals surface area contributed by atoms with Crippen molar-refractivity contribution < 1.29 is 42.9 Å². The molecule has 0 aliphatic heterocycles. The molecule has 0 saturated heterocycles. The monoisotopic (exact) mass is 1200 g/mol. The van der Waals surface area contributed by atoms with Gasteiger partial charge in [-0.25, -0.2) is 0 Å². The summed E-state index contributed by atoms with van der Waals surface area (Å²) in [4.78, 5) is 37.5. The third-order valence-corrected chi connectivity index (χ3v) is 17.9. The number of carbonyl (C=O) groups is 3. The van der Waals surface area contributed by atoms with E-state index in [9.17, 15) is 19.5 Å². The highest BCUT2D eigenvalue weighted by molar-refractivity contribution is 5.70. The minimum Gasteiger partial charge on any atom is -0.545 e. The van der Waals surface area contributed by atoms with E-state index in [4.69, 9.17) is 18.9 Å². The molecule has 0 spiro atoms. The van der Waals surface area contributed by atoms with Gasteiger partial charge in [-0.05, 0) is 12.8 Å². The zero-order valence-electron chi connectivity index (χ0n) is 58.0. The SMILES string of the molecule is CCCCCCCCCCCCCCCCCCCCCCCCCCCCCCCCCC(=O)OC(COC(=O)CCCCCCCCCCCCCCCCCCCCCCCCCCCCCCC)COC(OCC[N+](C)(C)C)C(=O)[O-]. The first-order chi connectivity index (χ1) is 41.6. The summed E-state index contributed by atoms with van der Waals surface area (Å²) in [5, 5.41) is 11.8. The number of carboxylic acid groups (broad SMARTS) is 1. The molecule has 0 N–H and O–H groups in total. The van der Waals surface area contributed by atoms with Crippen molar-refractivity contribution in [1.82, 2.24) is 0 Å². The number of esters is 2. The van der Waals surface area contributed by atoms with Gasteiger partial charge in [0.15, 0.2) is 12.4 Å². The second-order valence-electron chi connectivity index (χ2n) is 27.7. The lowest BCUT2D eigenvalue weighted by Gasteiger charge is -2.26. The van der Waals surface area contributed by atoms with E-state index >= 15 is 0 Å². The highest BCUT2D eigenvalue weighted by Crippen LogP contribution is 2.20. The van der Waals surface area contributed by atoms with E-state index in [1.54, 1.807) is 0 Å². The first-order valence-corrected chi connectivity index (χ1v) is 38.2. The van der Waals surface area contributed by atoms with Gasteiger partial charge in [0.05, 0.1) is 40.3 Å². The molecule has 0 heterocycles. The van der Waals surface area contributed by atoms with E-state index in [0.29, 0.717) is 17.4 Å². The van der Waals surface area contributed by atoms with Gasteiger partial charge in [0.1, 0.15) is 13.2 Å². The average molecular weight is 1210 g/mol. The van der Waals surface area contributed by atoms with Crippen molar-refractivity contribution in [1.29, 1.82) is 0 Å². The van der Waals surface area contributed by atoms with Gasteiger partial charge in [-0.3, -0.25) is 9.59 Å². The Hall–Kier alpha value is -1.71. The van der Waals surface area contributed by atoms with Crippen molar-refractivity contribution in [2.75, 3.05) is 47.5 Å². The molecule has 0 aliphatic carbocycles. The summed E-state index contributed by atoms with van der Waals surface area (Å²) in [5.74, 6) is -2.24. The third-order valence-electron chi connectivity index (χ3n) is 17.9. The van der Waals surface area contributed by atoms with Crippen LogP contribution in [0.15, 0.2) is 0 Å². The topological polar surface area (TPSA) is 111 Å². The molecule has 9 nitrogen and oxygen atoms in total. The normalized spacial score (nSPS) is 12.5. The first-order valence-electron chi connectivity index (χ1n) is 38.2. The molecule has 9 heteroatoms. The van der Waals surface area contributed by atoms with Crippen molar-refractivity contribution in [3.63, 3.8) is 0 Å².